The van der Waals surface area contributed by atoms with Crippen LogP contribution in [0.2, 0.25) is 0 Å². The summed E-state index contributed by atoms with van der Waals surface area (Å²) in [6, 6.07) is 13.7. The zero-order valence-electron chi connectivity index (χ0n) is 17.1. The maximum absolute atomic E-state index is 12.5. The molecule has 2 aromatic carbocycles. The minimum absolute atomic E-state index is 0.0433. The number of rotatable bonds is 5. The number of amidine groups is 1. The number of likely N-dealkylation sites (N-methyl/N-ethyl adjacent to an activating group) is 1. The van der Waals surface area contributed by atoms with Crippen LogP contribution >= 0.6 is 11.8 Å². The number of benzene rings is 2. The summed E-state index contributed by atoms with van der Waals surface area (Å²) in [5.41, 5.74) is 1.65. The van der Waals surface area contributed by atoms with Crippen molar-refractivity contribution in [3.63, 3.8) is 0 Å². The number of amides is 1. The van der Waals surface area contributed by atoms with Crippen LogP contribution in [0.3, 0.4) is 0 Å². The molecule has 0 radical (unpaired) electrons. The minimum atomic E-state index is -0.430. The van der Waals surface area contributed by atoms with Crippen molar-refractivity contribution in [1.29, 1.82) is 0 Å². The lowest BCUT2D eigenvalue weighted by atomic mass is 10.1. The molecule has 160 valence electrons. The van der Waals surface area contributed by atoms with Gasteiger partial charge in [0.25, 0.3) is 11.6 Å². The van der Waals surface area contributed by atoms with Gasteiger partial charge in [0.15, 0.2) is 5.17 Å². The van der Waals surface area contributed by atoms with Crippen LogP contribution in [0.15, 0.2) is 58.4 Å². The lowest BCUT2D eigenvalue weighted by Crippen LogP contribution is -2.46. The highest BCUT2D eigenvalue weighted by molar-refractivity contribution is 8.18. The van der Waals surface area contributed by atoms with E-state index < -0.39 is 4.92 Å². The molecule has 9 heteroatoms. The number of nitro groups is 1. The highest BCUT2D eigenvalue weighted by atomic mass is 32.2. The molecule has 0 aromatic heterocycles. The number of para-hydroxylation sites is 1. The Hall–Kier alpha value is -3.17. The van der Waals surface area contributed by atoms with Crippen LogP contribution in [0.5, 0.6) is 5.75 Å². The molecule has 31 heavy (non-hydrogen) atoms. The number of piperazine rings is 1. The summed E-state index contributed by atoms with van der Waals surface area (Å²) < 4.78 is 5.94. The van der Waals surface area contributed by atoms with E-state index in [-0.39, 0.29) is 18.2 Å². The number of hydrogen-bond acceptors (Lipinski definition) is 7. The summed E-state index contributed by atoms with van der Waals surface area (Å²) >= 11 is 1.40. The first-order chi connectivity index (χ1) is 15.0. The van der Waals surface area contributed by atoms with Crippen LogP contribution in [0.1, 0.15) is 11.1 Å². The number of aliphatic imine (C=N–C) groups is 1. The first kappa shape index (κ1) is 21.1. The first-order valence-corrected chi connectivity index (χ1v) is 10.7. The quantitative estimate of drug-likeness (QED) is 0.402. The van der Waals surface area contributed by atoms with Gasteiger partial charge in [0.2, 0.25) is 0 Å². The Bertz CT molecular complexity index is 1040. The van der Waals surface area contributed by atoms with Gasteiger partial charge in [-0.2, -0.15) is 4.99 Å². The largest absolute Gasteiger partial charge is 0.488 e. The normalized spacial score (nSPS) is 18.4. The van der Waals surface area contributed by atoms with Gasteiger partial charge < -0.3 is 14.5 Å². The van der Waals surface area contributed by atoms with Gasteiger partial charge in [-0.25, -0.2) is 0 Å². The van der Waals surface area contributed by atoms with E-state index in [2.05, 4.69) is 21.8 Å². The summed E-state index contributed by atoms with van der Waals surface area (Å²) in [7, 11) is 2.09. The van der Waals surface area contributed by atoms with Crippen molar-refractivity contribution in [2.45, 2.75) is 6.61 Å². The Balaban J connectivity index is 1.44. The fourth-order valence-corrected chi connectivity index (χ4v) is 4.23. The second kappa shape index (κ2) is 9.32. The molecule has 0 aliphatic carbocycles. The second-order valence-corrected chi connectivity index (χ2v) is 8.36. The molecule has 1 amide bonds. The maximum Gasteiger partial charge on any atom is 0.286 e. The maximum atomic E-state index is 12.5. The van der Waals surface area contributed by atoms with Crippen molar-refractivity contribution in [3.05, 3.63) is 74.7 Å². The van der Waals surface area contributed by atoms with Crippen LogP contribution < -0.4 is 4.74 Å². The van der Waals surface area contributed by atoms with Crippen LogP contribution in [-0.4, -0.2) is 59.0 Å². The summed E-state index contributed by atoms with van der Waals surface area (Å²) in [6.07, 6.45) is 1.81. The highest BCUT2D eigenvalue weighted by Gasteiger charge is 2.28. The third-order valence-electron chi connectivity index (χ3n) is 5.13. The van der Waals surface area contributed by atoms with Crippen LogP contribution in [0.25, 0.3) is 6.08 Å². The van der Waals surface area contributed by atoms with E-state index in [1.165, 1.54) is 23.9 Å². The Kier molecular flexibility index (Phi) is 6.34. The monoisotopic (exact) mass is 438 g/mol. The lowest BCUT2D eigenvalue weighted by molar-refractivity contribution is -0.384. The first-order valence-electron chi connectivity index (χ1n) is 9.91. The molecule has 0 N–H and O–H groups in total. The molecular formula is C22H22N4O4S. The number of non-ortho nitro benzene ring substituents is 1. The van der Waals surface area contributed by atoms with E-state index in [0.717, 1.165) is 42.5 Å². The average Bonchev–Trinajstić information content (AvgIpc) is 3.14. The summed E-state index contributed by atoms with van der Waals surface area (Å²) in [4.78, 5) is 32.0. The fourth-order valence-electron chi connectivity index (χ4n) is 3.28. The number of hydrogen-bond donors (Lipinski definition) is 0. The van der Waals surface area contributed by atoms with Crippen molar-refractivity contribution in [1.82, 2.24) is 9.80 Å². The Morgan fingerprint density at radius 3 is 2.55 bits per heavy atom. The molecule has 4 rings (SSSR count). The third-order valence-corrected chi connectivity index (χ3v) is 6.17. The van der Waals surface area contributed by atoms with E-state index in [9.17, 15) is 14.9 Å². The van der Waals surface area contributed by atoms with Crippen molar-refractivity contribution < 1.29 is 14.5 Å². The third kappa shape index (κ3) is 5.12. The summed E-state index contributed by atoms with van der Waals surface area (Å²) in [5.74, 6) is 0.402. The van der Waals surface area contributed by atoms with Crippen LogP contribution in [0.4, 0.5) is 5.69 Å². The van der Waals surface area contributed by atoms with Crippen molar-refractivity contribution in [2.75, 3.05) is 33.2 Å². The smallest absolute Gasteiger partial charge is 0.286 e. The van der Waals surface area contributed by atoms with Gasteiger partial charge in [0, 0.05) is 43.9 Å². The van der Waals surface area contributed by atoms with E-state index in [0.29, 0.717) is 10.7 Å². The molecule has 1 fully saturated rings. The average molecular weight is 439 g/mol. The standard InChI is InChI=1S/C22H22N4O4S/c1-24-10-12-25(13-11-24)22-23-21(27)20(31-22)14-17-4-2-3-5-19(17)30-15-16-6-8-18(9-7-16)26(28)29/h2-9,14H,10-13,15H2,1H3. The van der Waals surface area contributed by atoms with Gasteiger partial charge in [0.1, 0.15) is 12.4 Å². The van der Waals surface area contributed by atoms with Gasteiger partial charge in [-0.15, -0.1) is 0 Å². The summed E-state index contributed by atoms with van der Waals surface area (Å²) in [6.45, 7) is 3.89. The van der Waals surface area contributed by atoms with E-state index in [4.69, 9.17) is 4.74 Å². The second-order valence-electron chi connectivity index (χ2n) is 7.35. The predicted molar refractivity (Wildman–Crippen MR) is 121 cm³/mol. The molecule has 0 spiro atoms. The number of nitro benzene ring substituents is 1. The van der Waals surface area contributed by atoms with E-state index in [1.54, 1.807) is 12.1 Å². The molecule has 2 aromatic rings. The van der Waals surface area contributed by atoms with Crippen molar-refractivity contribution in [3.8, 4) is 5.75 Å². The number of carbonyl (C=O) groups excluding carboxylic acids is 1. The van der Waals surface area contributed by atoms with Crippen LogP contribution in [0, 0.1) is 10.1 Å². The Morgan fingerprint density at radius 1 is 1.13 bits per heavy atom. The molecule has 2 aliphatic rings. The number of thioether (sulfide) groups is 1. The van der Waals surface area contributed by atoms with Gasteiger partial charge in [0.05, 0.1) is 9.83 Å². The zero-order chi connectivity index (χ0) is 21.8. The minimum Gasteiger partial charge on any atom is -0.488 e. The van der Waals surface area contributed by atoms with Gasteiger partial charge in [-0.3, -0.25) is 14.9 Å². The van der Waals surface area contributed by atoms with Gasteiger partial charge in [-0.05, 0) is 48.6 Å². The Labute approximate surface area is 184 Å². The molecular weight excluding hydrogens is 416 g/mol. The predicted octanol–water partition coefficient (Wildman–Crippen LogP) is 3.39. The molecule has 1 saturated heterocycles. The lowest BCUT2D eigenvalue weighted by Gasteiger charge is -2.32. The van der Waals surface area contributed by atoms with E-state index >= 15 is 0 Å². The number of nitrogens with zero attached hydrogens (tertiary/aromatic N) is 4. The molecule has 0 atom stereocenters. The topological polar surface area (TPSA) is 88.3 Å². The highest BCUT2D eigenvalue weighted by Crippen LogP contribution is 2.33. The van der Waals surface area contributed by atoms with Crippen molar-refractivity contribution >= 4 is 34.6 Å². The van der Waals surface area contributed by atoms with E-state index in [1.807, 2.05) is 30.3 Å². The fraction of sp³-hybridized carbons (Fsp3) is 0.273. The van der Waals surface area contributed by atoms with Gasteiger partial charge in [-0.1, -0.05) is 18.2 Å². The molecule has 0 bridgehead atoms. The number of carbonyl (C=O) groups is 1. The Morgan fingerprint density at radius 2 is 1.84 bits per heavy atom. The number of ether oxygens (including phenoxy) is 1. The molecule has 8 nitrogen and oxygen atoms in total. The molecule has 0 saturated carbocycles. The summed E-state index contributed by atoms with van der Waals surface area (Å²) in [5, 5.41) is 11.5. The van der Waals surface area contributed by atoms with Gasteiger partial charge >= 0.3 is 0 Å². The zero-order valence-corrected chi connectivity index (χ0v) is 17.9. The van der Waals surface area contributed by atoms with Crippen LogP contribution in [-0.2, 0) is 11.4 Å². The molecule has 2 aliphatic heterocycles. The molecule has 0 unspecified atom stereocenters. The SMILES string of the molecule is CN1CCN(C2=NC(=O)C(=Cc3ccccc3OCc3ccc([N+](=O)[O-])cc3)S2)CC1. The van der Waals surface area contributed by atoms with Crippen molar-refractivity contribution in [2.24, 2.45) is 4.99 Å². The molecule has 2 heterocycles.